The Labute approximate surface area is 153 Å². The molecule has 8 heteroatoms. The normalized spacial score (nSPS) is 11.2. The predicted molar refractivity (Wildman–Crippen MR) is 99.7 cm³/mol. The second kappa shape index (κ2) is 6.74. The van der Waals surface area contributed by atoms with Gasteiger partial charge >= 0.3 is 0 Å². The third-order valence-corrected chi connectivity index (χ3v) is 4.98. The van der Waals surface area contributed by atoms with Crippen molar-refractivity contribution < 1.29 is 9.90 Å². The second-order valence-corrected chi connectivity index (χ2v) is 6.94. The smallest absolute Gasteiger partial charge is 0.254 e. The molecular weight excluding hydrogens is 350 g/mol. The first-order valence-electron chi connectivity index (χ1n) is 8.07. The highest BCUT2D eigenvalue weighted by Gasteiger charge is 2.15. The number of imidazole rings is 1. The van der Waals surface area contributed by atoms with Crippen molar-refractivity contribution in [2.45, 2.75) is 13.2 Å². The van der Waals surface area contributed by atoms with Gasteiger partial charge in [-0.2, -0.15) is 5.10 Å². The van der Waals surface area contributed by atoms with Crippen LogP contribution < -0.4 is 0 Å². The van der Waals surface area contributed by atoms with E-state index in [1.165, 1.54) is 0 Å². The van der Waals surface area contributed by atoms with Gasteiger partial charge < -0.3 is 15.0 Å². The number of benzene rings is 1. The molecular formula is C18H17N5O2S. The van der Waals surface area contributed by atoms with Crippen LogP contribution in [0, 0.1) is 0 Å². The zero-order valence-corrected chi connectivity index (χ0v) is 14.9. The summed E-state index contributed by atoms with van der Waals surface area (Å²) in [6.07, 6.45) is 0. The molecule has 1 aromatic carbocycles. The number of nitrogens with zero attached hydrogens (tertiary/aromatic N) is 3. The van der Waals surface area contributed by atoms with E-state index in [0.29, 0.717) is 17.9 Å². The third kappa shape index (κ3) is 3.12. The fraction of sp³-hybridized carbons (Fsp3) is 0.167. The lowest BCUT2D eigenvalue weighted by Gasteiger charge is -2.16. The number of H-pyrrole nitrogens is 2. The number of rotatable bonds is 5. The van der Waals surface area contributed by atoms with Gasteiger partial charge in [0.2, 0.25) is 0 Å². The van der Waals surface area contributed by atoms with Crippen LogP contribution in [0.5, 0.6) is 0 Å². The molecule has 0 aliphatic rings. The average molecular weight is 367 g/mol. The van der Waals surface area contributed by atoms with E-state index >= 15 is 0 Å². The van der Waals surface area contributed by atoms with Crippen molar-refractivity contribution in [2.75, 3.05) is 7.05 Å². The van der Waals surface area contributed by atoms with Gasteiger partial charge in [-0.05, 0) is 35.7 Å². The minimum Gasteiger partial charge on any atom is -0.388 e. The summed E-state index contributed by atoms with van der Waals surface area (Å²) in [7, 11) is 1.75. The molecule has 0 spiro atoms. The molecule has 0 saturated heterocycles. The minimum absolute atomic E-state index is 0.0978. The molecule has 7 nitrogen and oxygen atoms in total. The van der Waals surface area contributed by atoms with Crippen molar-refractivity contribution in [1.82, 2.24) is 25.1 Å². The second-order valence-electron chi connectivity index (χ2n) is 5.99. The maximum atomic E-state index is 12.7. The lowest BCUT2D eigenvalue weighted by molar-refractivity contribution is 0.0783. The summed E-state index contributed by atoms with van der Waals surface area (Å²) >= 11 is 1.63. The van der Waals surface area contributed by atoms with Crippen molar-refractivity contribution in [3.05, 3.63) is 58.9 Å². The quantitative estimate of drug-likeness (QED) is 0.505. The summed E-state index contributed by atoms with van der Waals surface area (Å²) in [5.41, 5.74) is 3.77. The van der Waals surface area contributed by atoms with Gasteiger partial charge in [-0.15, -0.1) is 11.3 Å². The molecule has 0 aliphatic heterocycles. The molecule has 4 rings (SSSR count). The van der Waals surface area contributed by atoms with E-state index < -0.39 is 0 Å². The number of aromatic nitrogens is 4. The van der Waals surface area contributed by atoms with Gasteiger partial charge in [-0.25, -0.2) is 4.98 Å². The highest BCUT2D eigenvalue weighted by Crippen LogP contribution is 2.23. The number of carbonyl (C=O) groups excluding carboxylic acids is 1. The summed E-state index contributed by atoms with van der Waals surface area (Å²) in [5.74, 6) is 0.385. The van der Waals surface area contributed by atoms with Crippen LogP contribution in [0.4, 0.5) is 0 Å². The largest absolute Gasteiger partial charge is 0.388 e. The first kappa shape index (κ1) is 16.5. The molecule has 0 radical (unpaired) electrons. The summed E-state index contributed by atoms with van der Waals surface area (Å²) in [4.78, 5) is 22.7. The number of carbonyl (C=O) groups is 1. The van der Waals surface area contributed by atoms with E-state index in [1.807, 2.05) is 23.6 Å². The Balaban J connectivity index is 1.51. The van der Waals surface area contributed by atoms with Crippen LogP contribution in [0.1, 0.15) is 21.9 Å². The SMILES string of the molecule is CN(Cc1cc(-c2cccs2)n[nH]1)C(=O)c1ccc2nc(CO)[nH]c2c1. The van der Waals surface area contributed by atoms with Crippen molar-refractivity contribution in [3.63, 3.8) is 0 Å². The fourth-order valence-corrected chi connectivity index (χ4v) is 3.50. The number of nitrogens with one attached hydrogen (secondary N) is 2. The van der Waals surface area contributed by atoms with Crippen LogP contribution in [-0.2, 0) is 13.2 Å². The van der Waals surface area contributed by atoms with Gasteiger partial charge in [0.25, 0.3) is 5.91 Å². The molecule has 26 heavy (non-hydrogen) atoms. The molecule has 3 heterocycles. The molecule has 0 bridgehead atoms. The molecule has 0 unspecified atom stereocenters. The van der Waals surface area contributed by atoms with Crippen LogP contribution in [0.25, 0.3) is 21.6 Å². The van der Waals surface area contributed by atoms with Gasteiger partial charge in [0.1, 0.15) is 18.1 Å². The zero-order valence-electron chi connectivity index (χ0n) is 14.1. The molecule has 1 amide bonds. The lowest BCUT2D eigenvalue weighted by Crippen LogP contribution is -2.26. The summed E-state index contributed by atoms with van der Waals surface area (Å²) < 4.78 is 0. The standard InChI is InChI=1S/C18H17N5O2S/c1-23(9-12-8-15(22-21-12)16-3-2-6-26-16)18(25)11-4-5-13-14(7-11)20-17(10-24)19-13/h2-8,24H,9-10H2,1H3,(H,19,20)(H,21,22). The Morgan fingerprint density at radius 2 is 2.19 bits per heavy atom. The lowest BCUT2D eigenvalue weighted by atomic mass is 10.1. The number of aromatic amines is 2. The van der Waals surface area contributed by atoms with Crippen molar-refractivity contribution >= 4 is 28.3 Å². The number of aliphatic hydroxyl groups is 1. The summed E-state index contributed by atoms with van der Waals surface area (Å²) in [6.45, 7) is 0.268. The maximum Gasteiger partial charge on any atom is 0.254 e. The van der Waals surface area contributed by atoms with Gasteiger partial charge in [0, 0.05) is 12.6 Å². The van der Waals surface area contributed by atoms with Gasteiger partial charge in [-0.3, -0.25) is 9.89 Å². The Morgan fingerprint density at radius 3 is 2.96 bits per heavy atom. The number of fused-ring (bicyclic) bond motifs is 1. The number of amides is 1. The maximum absolute atomic E-state index is 12.7. The van der Waals surface area contributed by atoms with Crippen molar-refractivity contribution in [3.8, 4) is 10.6 Å². The summed E-state index contributed by atoms with van der Waals surface area (Å²) in [5, 5.41) is 18.5. The number of aliphatic hydroxyl groups excluding tert-OH is 1. The Kier molecular flexibility index (Phi) is 4.27. The van der Waals surface area contributed by atoms with Gasteiger partial charge in [0.15, 0.2) is 0 Å². The fourth-order valence-electron chi connectivity index (χ4n) is 2.81. The summed E-state index contributed by atoms with van der Waals surface area (Å²) in [6, 6.07) is 11.2. The highest BCUT2D eigenvalue weighted by atomic mass is 32.1. The van der Waals surface area contributed by atoms with Gasteiger partial charge in [-0.1, -0.05) is 6.07 Å². The molecule has 0 aliphatic carbocycles. The number of hydrogen-bond acceptors (Lipinski definition) is 5. The zero-order chi connectivity index (χ0) is 18.1. The van der Waals surface area contributed by atoms with Crippen LogP contribution in [0.15, 0.2) is 41.8 Å². The average Bonchev–Trinajstić information content (AvgIpc) is 3.39. The van der Waals surface area contributed by atoms with Crippen LogP contribution in [0.3, 0.4) is 0 Å². The van der Waals surface area contributed by atoms with Crippen LogP contribution in [-0.4, -0.2) is 43.1 Å². The molecule has 4 aromatic rings. The van der Waals surface area contributed by atoms with Gasteiger partial charge in [0.05, 0.1) is 28.1 Å². The predicted octanol–water partition coefficient (Wildman–Crippen LogP) is 2.78. The first-order valence-corrected chi connectivity index (χ1v) is 8.95. The van der Waals surface area contributed by atoms with Crippen LogP contribution in [0.2, 0.25) is 0 Å². The Bertz CT molecular complexity index is 1050. The third-order valence-electron chi connectivity index (χ3n) is 4.09. The number of thiophene rings is 1. The Morgan fingerprint density at radius 1 is 1.31 bits per heavy atom. The molecule has 0 fully saturated rings. The first-order chi connectivity index (χ1) is 12.6. The Hall–Kier alpha value is -2.97. The molecule has 0 saturated carbocycles. The topological polar surface area (TPSA) is 97.9 Å². The number of hydrogen-bond donors (Lipinski definition) is 3. The minimum atomic E-state index is -0.162. The monoisotopic (exact) mass is 367 g/mol. The van der Waals surface area contributed by atoms with Crippen molar-refractivity contribution in [2.24, 2.45) is 0 Å². The van der Waals surface area contributed by atoms with E-state index in [4.69, 9.17) is 5.11 Å². The van der Waals surface area contributed by atoms with Crippen molar-refractivity contribution in [1.29, 1.82) is 0 Å². The van der Waals surface area contributed by atoms with E-state index in [1.54, 1.807) is 41.5 Å². The molecule has 3 aromatic heterocycles. The molecule has 132 valence electrons. The molecule has 3 N–H and O–H groups in total. The van der Waals surface area contributed by atoms with Crippen LogP contribution >= 0.6 is 11.3 Å². The van der Waals surface area contributed by atoms with E-state index in [9.17, 15) is 4.79 Å². The molecule has 0 atom stereocenters. The van der Waals surface area contributed by atoms with E-state index in [0.717, 1.165) is 27.3 Å². The highest BCUT2D eigenvalue weighted by molar-refractivity contribution is 7.13. The van der Waals surface area contributed by atoms with E-state index in [2.05, 4.69) is 20.2 Å². The van der Waals surface area contributed by atoms with E-state index in [-0.39, 0.29) is 12.5 Å².